The van der Waals surface area contributed by atoms with Gasteiger partial charge in [-0.15, -0.1) is 0 Å². The molecule has 0 spiro atoms. The van der Waals surface area contributed by atoms with Gasteiger partial charge in [0.1, 0.15) is 0 Å². The van der Waals surface area contributed by atoms with Crippen LogP contribution in [0.3, 0.4) is 0 Å². The van der Waals surface area contributed by atoms with Gasteiger partial charge in [-0.1, -0.05) is 0 Å². The molecule has 1 atom stereocenters. The molecular weight excluding hydrogens is 135 g/mol. The molecule has 0 bridgehead atoms. The van der Waals surface area contributed by atoms with E-state index in [0.717, 1.165) is 0 Å². The average molecular weight is 135 g/mol. The fourth-order valence-corrected chi connectivity index (χ4v) is 0. The quantitative estimate of drug-likeness (QED) is 0.342. The van der Waals surface area contributed by atoms with Crippen molar-refractivity contribution in [2.45, 2.75) is 0 Å². The van der Waals surface area contributed by atoms with Crippen LogP contribution in [0, 0.1) is 0 Å². The van der Waals surface area contributed by atoms with E-state index in [1.54, 1.807) is 16.5 Å². The molecule has 0 aliphatic heterocycles. The molecule has 0 heterocycles. The molecule has 1 nitrogen and oxygen atoms in total. The Hall–Kier alpha value is 1.39. The van der Waals surface area contributed by atoms with E-state index in [-0.39, 0.29) is 0 Å². The SMILES string of the molecule is [Li][S+]([O-])Br. The predicted molar refractivity (Wildman–Crippen MR) is 22.8 cm³/mol. The topological polar surface area (TPSA) is 23.1 Å². The maximum absolute atomic E-state index is 9.47. The van der Waals surface area contributed by atoms with Gasteiger partial charge in [-0.05, 0) is 0 Å². The van der Waals surface area contributed by atoms with Crippen molar-refractivity contribution < 1.29 is 4.55 Å². The van der Waals surface area contributed by atoms with Crippen molar-refractivity contribution in [1.29, 1.82) is 0 Å². The molecule has 0 aromatic rings. The van der Waals surface area contributed by atoms with Crippen LogP contribution in [0.5, 0.6) is 0 Å². The Balaban J connectivity index is 2.32. The summed E-state index contributed by atoms with van der Waals surface area (Å²) < 4.78 is 9.47. The van der Waals surface area contributed by atoms with Crippen LogP contribution >= 0.6 is 14.8 Å². The van der Waals surface area contributed by atoms with Gasteiger partial charge in [0.05, 0.1) is 0 Å². The van der Waals surface area contributed by atoms with Crippen LogP contribution in [0.25, 0.3) is 0 Å². The molecule has 0 saturated heterocycles. The average Bonchev–Trinajstić information content (AvgIpc) is 0.811. The summed E-state index contributed by atoms with van der Waals surface area (Å²) in [4.78, 5) is 0. The summed E-state index contributed by atoms with van der Waals surface area (Å²) in [7, 11) is -0.799. The zero-order chi connectivity index (χ0) is 3.58. The summed E-state index contributed by atoms with van der Waals surface area (Å²) in [5, 5.41) is 0. The molecule has 0 radical (unpaired) electrons. The Morgan fingerprint density at radius 3 is 2.00 bits per heavy atom. The molecular formula is BrLiOS. The van der Waals surface area contributed by atoms with Crippen molar-refractivity contribution >= 4 is 39.0 Å². The van der Waals surface area contributed by atoms with E-state index in [1.165, 1.54) is 0 Å². The van der Waals surface area contributed by atoms with E-state index < -0.39 is 7.71 Å². The third-order valence-corrected chi connectivity index (χ3v) is 0. The van der Waals surface area contributed by atoms with E-state index in [2.05, 4.69) is 14.8 Å². The Kier molecular flexibility index (Phi) is 3.52. The van der Waals surface area contributed by atoms with Crippen LogP contribution in [0.1, 0.15) is 0 Å². The van der Waals surface area contributed by atoms with E-state index in [0.29, 0.717) is 0 Å². The number of hydrogen-bond donors (Lipinski definition) is 0. The Morgan fingerprint density at radius 1 is 2.00 bits per heavy atom. The monoisotopic (exact) mass is 134 g/mol. The van der Waals surface area contributed by atoms with Gasteiger partial charge in [0.2, 0.25) is 0 Å². The molecule has 4 heteroatoms. The van der Waals surface area contributed by atoms with E-state index in [4.69, 9.17) is 0 Å². The zero-order valence-electron chi connectivity index (χ0n) is 2.19. The zero-order valence-corrected chi connectivity index (χ0v) is 4.60. The molecule has 0 aromatic carbocycles. The third kappa shape index (κ3) is 10.0. The minimum absolute atomic E-state index is 0.799. The molecule has 0 fully saturated rings. The first-order valence-corrected chi connectivity index (χ1v) is 4.13. The number of halogens is 1. The summed E-state index contributed by atoms with van der Waals surface area (Å²) in [5.41, 5.74) is 0. The second-order valence-corrected chi connectivity index (χ2v) is 3.89. The van der Waals surface area contributed by atoms with E-state index in [9.17, 15) is 4.55 Å². The van der Waals surface area contributed by atoms with Crippen LogP contribution < -0.4 is 0 Å². The first kappa shape index (κ1) is 5.39. The van der Waals surface area contributed by atoms with Crippen molar-refractivity contribution in [3.05, 3.63) is 0 Å². The van der Waals surface area contributed by atoms with Crippen molar-refractivity contribution in [2.24, 2.45) is 0 Å². The summed E-state index contributed by atoms with van der Waals surface area (Å²) in [6.07, 6.45) is 0. The van der Waals surface area contributed by atoms with Gasteiger partial charge in [0.15, 0.2) is 0 Å². The standard InChI is InChI=1S/BrHOS.Li/c1-3-2;/h2H;/q;+1/p-1. The van der Waals surface area contributed by atoms with Gasteiger partial charge in [-0.2, -0.15) is 0 Å². The van der Waals surface area contributed by atoms with Crippen molar-refractivity contribution in [3.63, 3.8) is 0 Å². The Morgan fingerprint density at radius 2 is 2.00 bits per heavy atom. The molecule has 0 saturated carbocycles. The van der Waals surface area contributed by atoms with Crippen LogP contribution in [-0.4, -0.2) is 21.1 Å². The second-order valence-electron chi connectivity index (χ2n) is 0.384. The first-order chi connectivity index (χ1) is 1.73. The van der Waals surface area contributed by atoms with Gasteiger partial charge >= 0.3 is 43.6 Å². The molecule has 4 heavy (non-hydrogen) atoms. The number of rotatable bonds is 0. The molecule has 20 valence electrons. The molecule has 0 N–H and O–H groups in total. The molecule has 0 amide bonds. The van der Waals surface area contributed by atoms with Gasteiger partial charge in [-0.25, -0.2) is 0 Å². The fourth-order valence-electron chi connectivity index (χ4n) is 0. The molecule has 0 aliphatic rings. The van der Waals surface area contributed by atoms with Gasteiger partial charge in [-0.3, -0.25) is 0 Å². The van der Waals surface area contributed by atoms with Gasteiger partial charge < -0.3 is 0 Å². The first-order valence-electron chi connectivity index (χ1n) is 0.729. The summed E-state index contributed by atoms with van der Waals surface area (Å²) in [5.74, 6) is 0. The molecule has 1 unspecified atom stereocenters. The van der Waals surface area contributed by atoms with Crippen LogP contribution in [0.2, 0.25) is 0 Å². The Bertz CT molecular complexity index is 12.8. The Labute approximate surface area is 43.6 Å². The predicted octanol–water partition coefficient (Wildman–Crippen LogP) is 0.128. The second kappa shape index (κ2) is 2.62. The van der Waals surface area contributed by atoms with E-state index >= 15 is 0 Å². The molecule has 0 rings (SSSR count). The summed E-state index contributed by atoms with van der Waals surface area (Å²) in [6.45, 7) is 0. The number of hydrogen-bond acceptors (Lipinski definition) is 1. The van der Waals surface area contributed by atoms with Crippen molar-refractivity contribution in [1.82, 2.24) is 0 Å². The maximum atomic E-state index is 9.47. The van der Waals surface area contributed by atoms with Crippen molar-refractivity contribution in [2.75, 3.05) is 0 Å². The van der Waals surface area contributed by atoms with Gasteiger partial charge in [0, 0.05) is 0 Å². The van der Waals surface area contributed by atoms with E-state index in [1.807, 2.05) is 0 Å². The normalized spacial score (nSPS) is 16.0. The molecule has 0 aromatic heterocycles. The molecule has 0 aliphatic carbocycles. The fraction of sp³-hybridized carbons (Fsp3) is 0. The third-order valence-electron chi connectivity index (χ3n) is 0. The minimum atomic E-state index is -0.799. The summed E-state index contributed by atoms with van der Waals surface area (Å²) in [6, 6.07) is 0. The summed E-state index contributed by atoms with van der Waals surface area (Å²) >= 11 is 4.30. The van der Waals surface area contributed by atoms with Crippen LogP contribution in [0.4, 0.5) is 0 Å². The van der Waals surface area contributed by atoms with Gasteiger partial charge in [0.25, 0.3) is 0 Å². The van der Waals surface area contributed by atoms with Crippen molar-refractivity contribution in [3.8, 4) is 0 Å². The van der Waals surface area contributed by atoms with Crippen LogP contribution in [0.15, 0.2) is 0 Å². The van der Waals surface area contributed by atoms with Crippen LogP contribution in [-0.2, 0) is 7.71 Å².